The highest BCUT2D eigenvalue weighted by atomic mass is 32.2. The Morgan fingerprint density at radius 3 is 2.47 bits per heavy atom. The smallest absolute Gasteiger partial charge is 0.0441 e. The minimum atomic E-state index is 0.0899. The summed E-state index contributed by atoms with van der Waals surface area (Å²) in [6.07, 6.45) is 1.91. The van der Waals surface area contributed by atoms with E-state index in [9.17, 15) is 0 Å². The zero-order valence-corrected chi connectivity index (χ0v) is 11.5. The fourth-order valence-corrected chi connectivity index (χ4v) is 2.63. The minimum Gasteiger partial charge on any atom is -0.396 e. The topological polar surface area (TPSA) is 46.2 Å². The van der Waals surface area contributed by atoms with Crippen molar-refractivity contribution in [1.29, 1.82) is 0 Å². The van der Waals surface area contributed by atoms with Gasteiger partial charge in [-0.05, 0) is 24.0 Å². The molecule has 3 N–H and O–H groups in total. The molecule has 2 atom stereocenters. The van der Waals surface area contributed by atoms with E-state index in [2.05, 4.69) is 38.1 Å². The molecule has 0 aromatic heterocycles. The van der Waals surface area contributed by atoms with E-state index in [0.29, 0.717) is 5.25 Å². The predicted molar refractivity (Wildman–Crippen MR) is 76.4 cm³/mol. The van der Waals surface area contributed by atoms with E-state index in [-0.39, 0.29) is 12.6 Å². The van der Waals surface area contributed by atoms with Crippen LogP contribution in [0, 0.1) is 0 Å². The van der Waals surface area contributed by atoms with Crippen LogP contribution in [0.3, 0.4) is 0 Å². The lowest BCUT2D eigenvalue weighted by molar-refractivity contribution is 0.289. The quantitative estimate of drug-likeness (QED) is 0.785. The molecule has 1 aromatic rings. The monoisotopic (exact) mass is 253 g/mol. The summed E-state index contributed by atoms with van der Waals surface area (Å²) in [5, 5.41) is 9.31. The summed E-state index contributed by atoms with van der Waals surface area (Å²) in [5.74, 6) is 0.909. The second-order valence-corrected chi connectivity index (χ2v) is 5.83. The Labute approximate surface area is 109 Å². The van der Waals surface area contributed by atoms with Crippen molar-refractivity contribution < 1.29 is 5.11 Å². The van der Waals surface area contributed by atoms with Gasteiger partial charge < -0.3 is 10.8 Å². The van der Waals surface area contributed by atoms with Crippen molar-refractivity contribution in [3.63, 3.8) is 0 Å². The van der Waals surface area contributed by atoms with Gasteiger partial charge in [-0.3, -0.25) is 0 Å². The minimum absolute atomic E-state index is 0.0899. The van der Waals surface area contributed by atoms with Crippen LogP contribution in [0.2, 0.25) is 0 Å². The van der Waals surface area contributed by atoms with Crippen molar-refractivity contribution in [2.24, 2.45) is 5.73 Å². The number of rotatable bonds is 7. The molecule has 0 heterocycles. The molecule has 2 unspecified atom stereocenters. The fraction of sp³-hybridized carbons (Fsp3) is 0.571. The Morgan fingerprint density at radius 2 is 1.94 bits per heavy atom. The lowest BCUT2D eigenvalue weighted by atomic mass is 10.1. The van der Waals surface area contributed by atoms with E-state index in [1.807, 2.05) is 11.8 Å². The van der Waals surface area contributed by atoms with Crippen LogP contribution >= 0.6 is 11.8 Å². The van der Waals surface area contributed by atoms with Crippen LogP contribution in [0.1, 0.15) is 37.4 Å². The molecule has 3 heteroatoms. The maximum atomic E-state index is 8.83. The SMILES string of the molecule is CCc1ccc(C(N)CSC(C)CCO)cc1. The van der Waals surface area contributed by atoms with Gasteiger partial charge in [0.15, 0.2) is 0 Å². The predicted octanol–water partition coefficient (Wildman–Crippen LogP) is 2.75. The van der Waals surface area contributed by atoms with Gasteiger partial charge >= 0.3 is 0 Å². The van der Waals surface area contributed by atoms with Crippen molar-refractivity contribution in [3.05, 3.63) is 35.4 Å². The number of hydrogen-bond donors (Lipinski definition) is 2. The molecule has 17 heavy (non-hydrogen) atoms. The standard InChI is InChI=1S/C14H23NOS/c1-3-12-4-6-13(7-5-12)14(15)10-17-11(2)8-9-16/h4-7,11,14,16H,3,8-10,15H2,1-2H3. The van der Waals surface area contributed by atoms with Gasteiger partial charge in [0.2, 0.25) is 0 Å². The number of thioether (sulfide) groups is 1. The maximum absolute atomic E-state index is 8.83. The molecular formula is C14H23NOS. The van der Waals surface area contributed by atoms with Crippen LogP contribution in [0.15, 0.2) is 24.3 Å². The number of nitrogens with two attached hydrogens (primary N) is 1. The second-order valence-electron chi connectivity index (χ2n) is 4.36. The van der Waals surface area contributed by atoms with Crippen LogP contribution in [-0.2, 0) is 6.42 Å². The Balaban J connectivity index is 2.43. The largest absolute Gasteiger partial charge is 0.396 e. The van der Waals surface area contributed by atoms with Crippen LogP contribution < -0.4 is 5.73 Å². The first kappa shape index (κ1) is 14.6. The highest BCUT2D eigenvalue weighted by Crippen LogP contribution is 2.21. The first-order chi connectivity index (χ1) is 8.17. The third-order valence-corrected chi connectivity index (χ3v) is 4.27. The summed E-state index contributed by atoms with van der Waals surface area (Å²) in [7, 11) is 0. The lowest BCUT2D eigenvalue weighted by Crippen LogP contribution is -2.15. The molecule has 1 rings (SSSR count). The number of aryl methyl sites for hydroxylation is 1. The van der Waals surface area contributed by atoms with Crippen molar-refractivity contribution in [3.8, 4) is 0 Å². The van der Waals surface area contributed by atoms with Crippen LogP contribution in [0.4, 0.5) is 0 Å². The zero-order chi connectivity index (χ0) is 12.7. The van der Waals surface area contributed by atoms with Gasteiger partial charge in [0, 0.05) is 23.7 Å². The van der Waals surface area contributed by atoms with E-state index >= 15 is 0 Å². The molecule has 0 aliphatic heterocycles. The fourth-order valence-electron chi connectivity index (χ4n) is 1.63. The summed E-state index contributed by atoms with van der Waals surface area (Å²) in [4.78, 5) is 0. The molecule has 96 valence electrons. The summed E-state index contributed by atoms with van der Waals surface area (Å²) >= 11 is 1.83. The first-order valence-electron chi connectivity index (χ1n) is 6.24. The third kappa shape index (κ3) is 5.11. The van der Waals surface area contributed by atoms with Crippen LogP contribution in [-0.4, -0.2) is 22.7 Å². The Hall–Kier alpha value is -0.510. The maximum Gasteiger partial charge on any atom is 0.0441 e. The van der Waals surface area contributed by atoms with Gasteiger partial charge in [-0.15, -0.1) is 0 Å². The van der Waals surface area contributed by atoms with E-state index < -0.39 is 0 Å². The molecule has 2 nitrogen and oxygen atoms in total. The molecule has 0 saturated heterocycles. The van der Waals surface area contributed by atoms with Gasteiger partial charge in [-0.25, -0.2) is 0 Å². The number of benzene rings is 1. The van der Waals surface area contributed by atoms with E-state index in [1.165, 1.54) is 11.1 Å². The summed E-state index contributed by atoms with van der Waals surface area (Å²) in [6.45, 7) is 4.55. The summed E-state index contributed by atoms with van der Waals surface area (Å²) in [5.41, 5.74) is 8.70. The Bertz CT molecular complexity index is 313. The van der Waals surface area contributed by atoms with E-state index in [0.717, 1.165) is 18.6 Å². The zero-order valence-electron chi connectivity index (χ0n) is 10.7. The van der Waals surface area contributed by atoms with Gasteiger partial charge in [0.1, 0.15) is 0 Å². The number of aliphatic hydroxyl groups is 1. The van der Waals surface area contributed by atoms with Gasteiger partial charge in [-0.1, -0.05) is 38.1 Å². The highest BCUT2D eigenvalue weighted by Gasteiger charge is 2.09. The number of hydrogen-bond acceptors (Lipinski definition) is 3. The van der Waals surface area contributed by atoms with Crippen LogP contribution in [0.5, 0.6) is 0 Å². The Morgan fingerprint density at radius 1 is 1.29 bits per heavy atom. The van der Waals surface area contributed by atoms with Crippen molar-refractivity contribution >= 4 is 11.8 Å². The van der Waals surface area contributed by atoms with E-state index in [1.54, 1.807) is 0 Å². The molecule has 0 aliphatic carbocycles. The Kier molecular flexibility index (Phi) is 6.63. The normalized spacial score (nSPS) is 14.6. The van der Waals surface area contributed by atoms with Crippen LogP contribution in [0.25, 0.3) is 0 Å². The molecule has 0 radical (unpaired) electrons. The molecule has 0 spiro atoms. The molecule has 0 saturated carbocycles. The van der Waals surface area contributed by atoms with Gasteiger partial charge in [0.25, 0.3) is 0 Å². The number of aliphatic hydroxyl groups excluding tert-OH is 1. The van der Waals surface area contributed by atoms with Crippen molar-refractivity contribution in [1.82, 2.24) is 0 Å². The molecule has 0 bridgehead atoms. The van der Waals surface area contributed by atoms with Gasteiger partial charge in [-0.2, -0.15) is 11.8 Å². The summed E-state index contributed by atoms with van der Waals surface area (Å²) in [6, 6.07) is 8.64. The third-order valence-electron chi connectivity index (χ3n) is 2.91. The molecule has 0 aliphatic rings. The average Bonchev–Trinajstić information content (AvgIpc) is 2.36. The highest BCUT2D eigenvalue weighted by molar-refractivity contribution is 7.99. The second kappa shape index (κ2) is 7.75. The molecule has 0 fully saturated rings. The van der Waals surface area contributed by atoms with Gasteiger partial charge in [0.05, 0.1) is 0 Å². The molecule has 0 amide bonds. The summed E-state index contributed by atoms with van der Waals surface area (Å²) < 4.78 is 0. The average molecular weight is 253 g/mol. The first-order valence-corrected chi connectivity index (χ1v) is 7.29. The molecular weight excluding hydrogens is 230 g/mol. The van der Waals surface area contributed by atoms with E-state index in [4.69, 9.17) is 10.8 Å². The lowest BCUT2D eigenvalue weighted by Gasteiger charge is -2.15. The van der Waals surface area contributed by atoms with Crippen molar-refractivity contribution in [2.45, 2.75) is 38.0 Å². The van der Waals surface area contributed by atoms with Crippen molar-refractivity contribution in [2.75, 3.05) is 12.4 Å². The molecule has 1 aromatic carbocycles.